The van der Waals surface area contributed by atoms with Crippen LogP contribution in [-0.2, 0) is 4.74 Å². The standard InChI is InChI=1S/C15H16N2O5S/c1-15(2,3)22-14(21)17-13-16-10(7-23-13)9-6-8(12(19)20)4-5-11(9)18/h4-7,18H,1-3H3,(H,19,20)(H,16,17,21). The van der Waals surface area contributed by atoms with Crippen LogP contribution < -0.4 is 5.32 Å². The summed E-state index contributed by atoms with van der Waals surface area (Å²) in [5, 5.41) is 23.3. The smallest absolute Gasteiger partial charge is 0.413 e. The highest BCUT2D eigenvalue weighted by Crippen LogP contribution is 2.32. The zero-order valence-corrected chi connectivity index (χ0v) is 13.6. The molecule has 1 amide bonds. The van der Waals surface area contributed by atoms with Gasteiger partial charge in [0, 0.05) is 10.9 Å². The van der Waals surface area contributed by atoms with Gasteiger partial charge in [-0.1, -0.05) is 0 Å². The minimum atomic E-state index is -1.10. The summed E-state index contributed by atoms with van der Waals surface area (Å²) in [6.07, 6.45) is -0.637. The number of carbonyl (C=O) groups excluding carboxylic acids is 1. The molecule has 0 aliphatic rings. The predicted octanol–water partition coefficient (Wildman–Crippen LogP) is 3.56. The van der Waals surface area contributed by atoms with Gasteiger partial charge in [-0.05, 0) is 39.0 Å². The van der Waals surface area contributed by atoms with Gasteiger partial charge in [-0.25, -0.2) is 14.6 Å². The number of hydrogen-bond donors (Lipinski definition) is 3. The van der Waals surface area contributed by atoms with Crippen LogP contribution in [0.15, 0.2) is 23.6 Å². The number of nitrogens with zero attached hydrogens (tertiary/aromatic N) is 1. The zero-order chi connectivity index (χ0) is 17.2. The van der Waals surface area contributed by atoms with Crippen LogP contribution in [-0.4, -0.2) is 32.9 Å². The minimum Gasteiger partial charge on any atom is -0.507 e. The van der Waals surface area contributed by atoms with Gasteiger partial charge in [0.2, 0.25) is 0 Å². The normalized spacial score (nSPS) is 11.1. The molecule has 0 aliphatic heterocycles. The Morgan fingerprint density at radius 3 is 2.61 bits per heavy atom. The molecular formula is C15H16N2O5S. The second-order valence-electron chi connectivity index (χ2n) is 5.70. The topological polar surface area (TPSA) is 109 Å². The number of phenols is 1. The molecule has 0 unspecified atom stereocenters. The SMILES string of the molecule is CC(C)(C)OC(=O)Nc1nc(-c2cc(C(=O)O)ccc2O)cs1. The molecule has 1 aromatic heterocycles. The fourth-order valence-corrected chi connectivity index (χ4v) is 2.42. The van der Waals surface area contributed by atoms with Crippen LogP contribution in [0.25, 0.3) is 11.3 Å². The summed E-state index contributed by atoms with van der Waals surface area (Å²) in [4.78, 5) is 26.9. The Labute approximate surface area is 136 Å². The number of aromatic nitrogens is 1. The average Bonchev–Trinajstić information content (AvgIpc) is 2.84. The minimum absolute atomic E-state index is 0.0347. The lowest BCUT2D eigenvalue weighted by molar-refractivity contribution is 0.0634. The van der Waals surface area contributed by atoms with Crippen molar-refractivity contribution >= 4 is 28.5 Å². The maximum atomic E-state index is 11.7. The van der Waals surface area contributed by atoms with Crippen molar-refractivity contribution in [1.29, 1.82) is 0 Å². The molecule has 1 heterocycles. The van der Waals surface area contributed by atoms with E-state index in [-0.39, 0.29) is 22.0 Å². The molecule has 0 radical (unpaired) electrons. The van der Waals surface area contributed by atoms with E-state index in [0.717, 1.165) is 11.3 Å². The molecular weight excluding hydrogens is 320 g/mol. The molecule has 0 aliphatic carbocycles. The Morgan fingerprint density at radius 2 is 2.00 bits per heavy atom. The van der Waals surface area contributed by atoms with Crippen LogP contribution in [0.4, 0.5) is 9.93 Å². The van der Waals surface area contributed by atoms with Gasteiger partial charge < -0.3 is 14.9 Å². The molecule has 8 heteroatoms. The number of anilines is 1. The van der Waals surface area contributed by atoms with E-state index >= 15 is 0 Å². The zero-order valence-electron chi connectivity index (χ0n) is 12.8. The summed E-state index contributed by atoms with van der Waals surface area (Å²) in [6.45, 7) is 5.24. The number of benzene rings is 1. The summed E-state index contributed by atoms with van der Waals surface area (Å²) < 4.78 is 5.12. The predicted molar refractivity (Wildman–Crippen MR) is 86.0 cm³/mol. The van der Waals surface area contributed by atoms with Gasteiger partial charge in [-0.3, -0.25) is 5.32 Å². The maximum absolute atomic E-state index is 11.7. The van der Waals surface area contributed by atoms with Crippen molar-refractivity contribution in [2.45, 2.75) is 26.4 Å². The van der Waals surface area contributed by atoms with E-state index < -0.39 is 17.7 Å². The summed E-state index contributed by atoms with van der Waals surface area (Å²) >= 11 is 1.14. The third-order valence-corrected chi connectivity index (χ3v) is 3.39. The molecule has 1 aromatic carbocycles. The highest BCUT2D eigenvalue weighted by Gasteiger charge is 2.18. The molecule has 2 aromatic rings. The molecule has 0 saturated heterocycles. The van der Waals surface area contributed by atoms with Crippen molar-refractivity contribution in [1.82, 2.24) is 4.98 Å². The monoisotopic (exact) mass is 336 g/mol. The first-order valence-corrected chi connectivity index (χ1v) is 7.56. The number of aromatic hydroxyl groups is 1. The molecule has 0 fully saturated rings. The highest BCUT2D eigenvalue weighted by atomic mass is 32.1. The lowest BCUT2D eigenvalue weighted by Crippen LogP contribution is -2.27. The molecule has 7 nitrogen and oxygen atoms in total. The molecule has 0 atom stereocenters. The van der Waals surface area contributed by atoms with E-state index in [1.165, 1.54) is 18.2 Å². The molecule has 0 saturated carbocycles. The number of nitrogens with one attached hydrogen (secondary N) is 1. The Morgan fingerprint density at radius 1 is 1.30 bits per heavy atom. The van der Waals surface area contributed by atoms with Crippen LogP contribution in [0.5, 0.6) is 5.75 Å². The second kappa shape index (κ2) is 6.25. The van der Waals surface area contributed by atoms with Gasteiger partial charge in [0.05, 0.1) is 11.3 Å². The molecule has 0 spiro atoms. The third kappa shape index (κ3) is 4.43. The largest absolute Gasteiger partial charge is 0.507 e. The van der Waals surface area contributed by atoms with Crippen molar-refractivity contribution < 1.29 is 24.5 Å². The van der Waals surface area contributed by atoms with Crippen molar-refractivity contribution in [2.75, 3.05) is 5.32 Å². The Hall–Kier alpha value is -2.61. The lowest BCUT2D eigenvalue weighted by Gasteiger charge is -2.18. The Balaban J connectivity index is 2.21. The fourth-order valence-electron chi connectivity index (χ4n) is 1.72. The summed E-state index contributed by atoms with van der Waals surface area (Å²) in [6, 6.07) is 3.91. The molecule has 2 rings (SSSR count). The Kier molecular flexibility index (Phi) is 4.55. The number of thiazole rings is 1. The fraction of sp³-hybridized carbons (Fsp3) is 0.267. The van der Waals surface area contributed by atoms with E-state index in [4.69, 9.17) is 9.84 Å². The maximum Gasteiger partial charge on any atom is 0.413 e. The first-order valence-electron chi connectivity index (χ1n) is 6.68. The second-order valence-corrected chi connectivity index (χ2v) is 6.56. The van der Waals surface area contributed by atoms with Crippen LogP contribution in [0.3, 0.4) is 0 Å². The average molecular weight is 336 g/mol. The van der Waals surface area contributed by atoms with E-state index in [1.807, 2.05) is 0 Å². The third-order valence-electron chi connectivity index (χ3n) is 2.63. The number of ether oxygens (including phenoxy) is 1. The van der Waals surface area contributed by atoms with Crippen molar-refractivity contribution in [3.8, 4) is 17.0 Å². The summed E-state index contributed by atoms with van der Waals surface area (Å²) in [5.41, 5.74) is 0.0469. The highest BCUT2D eigenvalue weighted by molar-refractivity contribution is 7.14. The van der Waals surface area contributed by atoms with Gasteiger partial charge in [-0.15, -0.1) is 11.3 Å². The quantitative estimate of drug-likeness (QED) is 0.791. The number of carboxylic acid groups (broad SMARTS) is 1. The summed E-state index contributed by atoms with van der Waals surface area (Å²) in [7, 11) is 0. The lowest BCUT2D eigenvalue weighted by atomic mass is 10.1. The first kappa shape index (κ1) is 16.8. The molecule has 23 heavy (non-hydrogen) atoms. The summed E-state index contributed by atoms with van der Waals surface area (Å²) in [5.74, 6) is -1.20. The number of phenolic OH excluding ortho intramolecular Hbond substituents is 1. The molecule has 122 valence electrons. The molecule has 3 N–H and O–H groups in total. The van der Waals surface area contributed by atoms with Gasteiger partial charge in [0.25, 0.3) is 0 Å². The van der Waals surface area contributed by atoms with Gasteiger partial charge in [0.1, 0.15) is 11.4 Å². The van der Waals surface area contributed by atoms with E-state index in [1.54, 1.807) is 26.2 Å². The van der Waals surface area contributed by atoms with E-state index in [9.17, 15) is 14.7 Å². The number of aromatic carboxylic acids is 1. The number of hydrogen-bond acceptors (Lipinski definition) is 6. The number of carboxylic acids is 1. The van der Waals surface area contributed by atoms with Crippen molar-refractivity contribution in [3.63, 3.8) is 0 Å². The van der Waals surface area contributed by atoms with Crippen LogP contribution in [0, 0.1) is 0 Å². The first-order chi connectivity index (χ1) is 10.7. The van der Waals surface area contributed by atoms with Gasteiger partial charge in [-0.2, -0.15) is 0 Å². The van der Waals surface area contributed by atoms with Crippen LogP contribution in [0.2, 0.25) is 0 Å². The van der Waals surface area contributed by atoms with Crippen LogP contribution in [0.1, 0.15) is 31.1 Å². The number of amides is 1. The van der Waals surface area contributed by atoms with E-state index in [0.29, 0.717) is 5.69 Å². The van der Waals surface area contributed by atoms with E-state index in [2.05, 4.69) is 10.3 Å². The van der Waals surface area contributed by atoms with Crippen molar-refractivity contribution in [2.24, 2.45) is 0 Å². The van der Waals surface area contributed by atoms with Crippen LogP contribution >= 0.6 is 11.3 Å². The van der Waals surface area contributed by atoms with Crippen molar-refractivity contribution in [3.05, 3.63) is 29.1 Å². The number of carbonyl (C=O) groups is 2. The Bertz CT molecular complexity index is 749. The van der Waals surface area contributed by atoms with Gasteiger partial charge >= 0.3 is 12.1 Å². The van der Waals surface area contributed by atoms with Gasteiger partial charge in [0.15, 0.2) is 5.13 Å². The molecule has 0 bridgehead atoms. The number of rotatable bonds is 3.